The number of benzene rings is 3. The van der Waals surface area contributed by atoms with Crippen LogP contribution in [0.15, 0.2) is 48.5 Å². The van der Waals surface area contributed by atoms with Crippen LogP contribution < -0.4 is 0 Å². The Morgan fingerprint density at radius 1 is 0.833 bits per heavy atom. The predicted octanol–water partition coefficient (Wildman–Crippen LogP) is 3.61. The van der Waals surface area contributed by atoms with Crippen molar-refractivity contribution in [2.75, 3.05) is 0 Å². The molecule has 0 fully saturated rings. The third-order valence-electron chi connectivity index (χ3n) is 2.97. The molecule has 3 aromatic carbocycles. The number of nitro groups is 1. The lowest BCUT2D eigenvalue weighted by Crippen LogP contribution is -1.87. The molecule has 0 saturated heterocycles. The molecule has 0 bridgehead atoms. The first-order valence-corrected chi connectivity index (χ1v) is 5.44. The Morgan fingerprint density at radius 2 is 1.44 bits per heavy atom. The fourth-order valence-corrected chi connectivity index (χ4v) is 2.09. The van der Waals surface area contributed by atoms with Gasteiger partial charge in [-0.25, -0.2) is 0 Å². The number of rotatable bonds is 1. The fraction of sp³-hybridized carbons (Fsp3) is 0. The average molecular weight is 239 g/mol. The third kappa shape index (κ3) is 1.64. The zero-order chi connectivity index (χ0) is 12.7. The van der Waals surface area contributed by atoms with Gasteiger partial charge in [-0.2, -0.15) is 0 Å². The summed E-state index contributed by atoms with van der Waals surface area (Å²) >= 11 is 0. The number of aromatic hydroxyl groups is 1. The first-order valence-electron chi connectivity index (χ1n) is 5.44. The summed E-state index contributed by atoms with van der Waals surface area (Å²) in [5, 5.41) is 23.8. The summed E-state index contributed by atoms with van der Waals surface area (Å²) in [5.41, 5.74) is 0.0713. The number of phenolic OH excluding ortho intramolecular Hbond substituents is 1. The lowest BCUT2D eigenvalue weighted by atomic mass is 10.0. The van der Waals surface area contributed by atoms with Crippen LogP contribution in [-0.2, 0) is 0 Å². The van der Waals surface area contributed by atoms with Crippen LogP contribution in [0.25, 0.3) is 21.5 Å². The normalized spacial score (nSPS) is 10.9. The second-order valence-corrected chi connectivity index (χ2v) is 4.17. The van der Waals surface area contributed by atoms with E-state index in [0.717, 1.165) is 21.5 Å². The molecule has 0 radical (unpaired) electrons. The molecule has 0 amide bonds. The molecule has 0 aliphatic rings. The van der Waals surface area contributed by atoms with Crippen molar-refractivity contribution >= 4 is 27.2 Å². The Balaban J connectivity index is 2.35. The van der Waals surface area contributed by atoms with E-state index >= 15 is 0 Å². The molecular weight excluding hydrogens is 230 g/mol. The number of hydrogen-bond acceptors (Lipinski definition) is 3. The van der Waals surface area contributed by atoms with Crippen LogP contribution in [0.1, 0.15) is 0 Å². The zero-order valence-electron chi connectivity index (χ0n) is 9.33. The predicted molar refractivity (Wildman–Crippen MR) is 69.8 cm³/mol. The van der Waals surface area contributed by atoms with Gasteiger partial charge in [0.25, 0.3) is 5.69 Å². The Bertz CT molecular complexity index is 780. The monoisotopic (exact) mass is 239 g/mol. The fourth-order valence-electron chi connectivity index (χ4n) is 2.09. The second-order valence-electron chi connectivity index (χ2n) is 4.17. The summed E-state index contributed by atoms with van der Waals surface area (Å²) in [5.74, 6) is 0.187. The van der Waals surface area contributed by atoms with Gasteiger partial charge in [0.15, 0.2) is 0 Å². The van der Waals surface area contributed by atoms with Crippen LogP contribution in [0.5, 0.6) is 5.75 Å². The van der Waals surface area contributed by atoms with E-state index in [-0.39, 0.29) is 11.4 Å². The van der Waals surface area contributed by atoms with E-state index in [0.29, 0.717) is 0 Å². The van der Waals surface area contributed by atoms with Gasteiger partial charge in [-0.3, -0.25) is 10.1 Å². The van der Waals surface area contributed by atoms with E-state index in [9.17, 15) is 15.2 Å². The summed E-state index contributed by atoms with van der Waals surface area (Å²) in [6.45, 7) is 0. The molecule has 0 heterocycles. The highest BCUT2D eigenvalue weighted by Gasteiger charge is 2.06. The third-order valence-corrected chi connectivity index (χ3v) is 2.97. The first kappa shape index (κ1) is 10.5. The number of non-ortho nitro benzene ring substituents is 1. The van der Waals surface area contributed by atoms with Crippen molar-refractivity contribution in [2.45, 2.75) is 0 Å². The van der Waals surface area contributed by atoms with Crippen molar-refractivity contribution in [1.82, 2.24) is 0 Å². The van der Waals surface area contributed by atoms with Crippen molar-refractivity contribution in [2.24, 2.45) is 0 Å². The minimum Gasteiger partial charge on any atom is -0.508 e. The van der Waals surface area contributed by atoms with Crippen molar-refractivity contribution in [1.29, 1.82) is 0 Å². The largest absolute Gasteiger partial charge is 0.508 e. The van der Waals surface area contributed by atoms with Crippen molar-refractivity contribution in [3.63, 3.8) is 0 Å². The average Bonchev–Trinajstić information content (AvgIpc) is 2.35. The van der Waals surface area contributed by atoms with Gasteiger partial charge < -0.3 is 5.11 Å². The summed E-state index contributed by atoms with van der Waals surface area (Å²) < 4.78 is 0. The van der Waals surface area contributed by atoms with Gasteiger partial charge in [0, 0.05) is 12.1 Å². The Hall–Kier alpha value is -2.62. The molecule has 4 nitrogen and oxygen atoms in total. The van der Waals surface area contributed by atoms with Crippen LogP contribution in [-0.4, -0.2) is 10.0 Å². The highest BCUT2D eigenvalue weighted by molar-refractivity contribution is 5.99. The Labute approximate surface area is 102 Å². The molecule has 0 aliphatic heterocycles. The van der Waals surface area contributed by atoms with Crippen molar-refractivity contribution in [3.05, 3.63) is 58.6 Å². The standard InChI is InChI=1S/C14H9NO3/c16-14-4-2-10-5-9-1-3-13(15(17)18)7-11(9)6-12(10)8-14/h1-8,16H. The summed E-state index contributed by atoms with van der Waals surface area (Å²) in [4.78, 5) is 10.3. The van der Waals surface area contributed by atoms with E-state index in [1.165, 1.54) is 6.07 Å². The molecule has 1 N–H and O–H groups in total. The van der Waals surface area contributed by atoms with Gasteiger partial charge in [0.2, 0.25) is 0 Å². The maximum absolute atomic E-state index is 10.7. The first-order chi connectivity index (χ1) is 8.63. The van der Waals surface area contributed by atoms with Crippen molar-refractivity contribution < 1.29 is 10.0 Å². The van der Waals surface area contributed by atoms with E-state index < -0.39 is 4.92 Å². The molecule has 3 aromatic rings. The molecule has 3 rings (SSSR count). The molecular formula is C14H9NO3. The van der Waals surface area contributed by atoms with Gasteiger partial charge in [-0.1, -0.05) is 6.07 Å². The molecule has 4 heteroatoms. The number of fused-ring (bicyclic) bond motifs is 2. The highest BCUT2D eigenvalue weighted by atomic mass is 16.6. The SMILES string of the molecule is O=[N+]([O-])c1ccc2cc3ccc(O)cc3cc2c1. The second kappa shape index (κ2) is 3.70. The van der Waals surface area contributed by atoms with Crippen LogP contribution >= 0.6 is 0 Å². The van der Waals surface area contributed by atoms with Crippen LogP contribution in [0, 0.1) is 10.1 Å². The van der Waals surface area contributed by atoms with E-state index in [1.54, 1.807) is 24.3 Å². The summed E-state index contributed by atoms with van der Waals surface area (Å²) in [6.07, 6.45) is 0. The van der Waals surface area contributed by atoms with Crippen LogP contribution in [0.4, 0.5) is 5.69 Å². The highest BCUT2D eigenvalue weighted by Crippen LogP contribution is 2.28. The van der Waals surface area contributed by atoms with Gasteiger partial charge in [0.05, 0.1) is 4.92 Å². The number of nitro benzene ring substituents is 1. The van der Waals surface area contributed by atoms with Gasteiger partial charge in [-0.15, -0.1) is 0 Å². The molecule has 0 atom stereocenters. The van der Waals surface area contributed by atoms with E-state index in [4.69, 9.17) is 0 Å². The minimum absolute atomic E-state index is 0.0713. The topological polar surface area (TPSA) is 63.4 Å². The molecule has 0 spiro atoms. The smallest absolute Gasteiger partial charge is 0.270 e. The maximum atomic E-state index is 10.7. The molecule has 0 aromatic heterocycles. The van der Waals surface area contributed by atoms with Crippen LogP contribution in [0.3, 0.4) is 0 Å². The van der Waals surface area contributed by atoms with Crippen molar-refractivity contribution in [3.8, 4) is 5.75 Å². The quantitative estimate of drug-likeness (QED) is 0.401. The van der Waals surface area contributed by atoms with Crippen LogP contribution in [0.2, 0.25) is 0 Å². The number of phenols is 1. The Kier molecular flexibility index (Phi) is 2.16. The Morgan fingerprint density at radius 3 is 2.17 bits per heavy atom. The molecule has 0 aliphatic carbocycles. The molecule has 18 heavy (non-hydrogen) atoms. The lowest BCUT2D eigenvalue weighted by molar-refractivity contribution is -0.384. The maximum Gasteiger partial charge on any atom is 0.270 e. The van der Waals surface area contributed by atoms with Gasteiger partial charge in [-0.05, 0) is 51.9 Å². The summed E-state index contributed by atoms with van der Waals surface area (Å²) in [7, 11) is 0. The lowest BCUT2D eigenvalue weighted by Gasteiger charge is -2.03. The van der Waals surface area contributed by atoms with E-state index in [2.05, 4.69) is 0 Å². The summed E-state index contributed by atoms with van der Waals surface area (Å²) in [6, 6.07) is 13.7. The number of hydrogen-bond donors (Lipinski definition) is 1. The zero-order valence-corrected chi connectivity index (χ0v) is 9.33. The molecule has 0 unspecified atom stereocenters. The van der Waals surface area contributed by atoms with E-state index in [1.807, 2.05) is 18.2 Å². The molecule has 88 valence electrons. The number of nitrogens with zero attached hydrogens (tertiary/aromatic N) is 1. The minimum atomic E-state index is -0.411. The molecule has 0 saturated carbocycles. The van der Waals surface area contributed by atoms with Gasteiger partial charge in [0.1, 0.15) is 5.75 Å². The van der Waals surface area contributed by atoms with Gasteiger partial charge >= 0.3 is 0 Å².